The molecular formula is C21H30N6O3S. The van der Waals surface area contributed by atoms with Crippen molar-refractivity contribution in [1.29, 1.82) is 0 Å². The summed E-state index contributed by atoms with van der Waals surface area (Å²) in [7, 11) is 1.61. The van der Waals surface area contributed by atoms with Crippen molar-refractivity contribution in [3.8, 4) is 0 Å². The minimum Gasteiger partial charge on any atom is -0.383 e. The van der Waals surface area contributed by atoms with E-state index in [1.807, 2.05) is 24.3 Å². The van der Waals surface area contributed by atoms with Gasteiger partial charge in [0.25, 0.3) is 5.91 Å². The fourth-order valence-electron chi connectivity index (χ4n) is 3.27. The molecule has 0 atom stereocenters. The zero-order valence-corrected chi connectivity index (χ0v) is 18.9. The maximum Gasteiger partial charge on any atom is 0.286 e. The van der Waals surface area contributed by atoms with E-state index < -0.39 is 0 Å². The molecule has 10 heteroatoms. The minimum absolute atomic E-state index is 0.0228. The highest BCUT2D eigenvalue weighted by molar-refractivity contribution is 7.13. The molecule has 0 radical (unpaired) electrons. The number of aromatic nitrogens is 2. The normalized spacial score (nSPS) is 15.0. The Bertz CT molecular complexity index is 849. The van der Waals surface area contributed by atoms with Crippen LogP contribution in [0.25, 0.3) is 0 Å². The van der Waals surface area contributed by atoms with E-state index in [0.717, 1.165) is 43.3 Å². The summed E-state index contributed by atoms with van der Waals surface area (Å²) in [6, 6.07) is 7.81. The van der Waals surface area contributed by atoms with Crippen LogP contribution in [0.3, 0.4) is 0 Å². The number of ether oxygens (including phenoxy) is 1. The smallest absolute Gasteiger partial charge is 0.286 e. The maximum absolute atomic E-state index is 12.4. The Labute approximate surface area is 186 Å². The number of nitrogens with one attached hydrogen (secondary N) is 2. The average molecular weight is 447 g/mol. The topological polar surface area (TPSA) is 99.7 Å². The van der Waals surface area contributed by atoms with Crippen molar-refractivity contribution >= 4 is 28.8 Å². The Morgan fingerprint density at radius 2 is 1.81 bits per heavy atom. The van der Waals surface area contributed by atoms with Crippen molar-refractivity contribution < 1.29 is 14.3 Å². The number of nitrogens with zero attached hydrogens (tertiary/aromatic N) is 4. The second-order valence-electron chi connectivity index (χ2n) is 7.40. The largest absolute Gasteiger partial charge is 0.383 e. The van der Waals surface area contributed by atoms with E-state index in [1.54, 1.807) is 7.11 Å². The zero-order valence-electron chi connectivity index (χ0n) is 18.1. The maximum atomic E-state index is 12.4. The third kappa shape index (κ3) is 7.35. The van der Waals surface area contributed by atoms with Gasteiger partial charge in [-0.15, -0.1) is 10.2 Å². The highest BCUT2D eigenvalue weighted by Gasteiger charge is 2.21. The fourth-order valence-corrected chi connectivity index (χ4v) is 4.04. The van der Waals surface area contributed by atoms with Gasteiger partial charge in [-0.2, -0.15) is 0 Å². The van der Waals surface area contributed by atoms with Gasteiger partial charge in [-0.3, -0.25) is 19.4 Å². The molecule has 9 nitrogen and oxygen atoms in total. The van der Waals surface area contributed by atoms with Crippen LogP contribution in [0, 0.1) is 0 Å². The van der Waals surface area contributed by atoms with Crippen LogP contribution < -0.4 is 10.6 Å². The summed E-state index contributed by atoms with van der Waals surface area (Å²) in [5.74, 6) is -0.216. The summed E-state index contributed by atoms with van der Waals surface area (Å²) in [6.07, 6.45) is 0.962. The lowest BCUT2D eigenvalue weighted by atomic mass is 10.1. The Morgan fingerprint density at radius 1 is 1.10 bits per heavy atom. The quantitative estimate of drug-likeness (QED) is 0.530. The Balaban J connectivity index is 1.41. The summed E-state index contributed by atoms with van der Waals surface area (Å²) < 4.78 is 4.94. The van der Waals surface area contributed by atoms with Gasteiger partial charge in [0, 0.05) is 45.5 Å². The van der Waals surface area contributed by atoms with Crippen LogP contribution >= 0.6 is 11.3 Å². The number of piperazine rings is 1. The number of amides is 2. The van der Waals surface area contributed by atoms with E-state index in [1.165, 1.54) is 16.9 Å². The van der Waals surface area contributed by atoms with Gasteiger partial charge in [0.15, 0.2) is 0 Å². The minimum atomic E-state index is -0.239. The molecule has 0 saturated carbocycles. The number of aryl methyl sites for hydroxylation is 1. The Kier molecular flexibility index (Phi) is 8.89. The molecule has 2 amide bonds. The van der Waals surface area contributed by atoms with E-state index in [2.05, 4.69) is 37.6 Å². The molecule has 0 aliphatic carbocycles. The van der Waals surface area contributed by atoms with Crippen molar-refractivity contribution in [1.82, 2.24) is 25.3 Å². The molecule has 3 rings (SSSR count). The van der Waals surface area contributed by atoms with Crippen molar-refractivity contribution in [2.45, 2.75) is 19.9 Å². The van der Waals surface area contributed by atoms with E-state index >= 15 is 0 Å². The molecule has 2 heterocycles. The number of carbonyl (C=O) groups excluding carboxylic acids is 2. The fraction of sp³-hybridized carbons (Fsp3) is 0.524. The molecule has 168 valence electrons. The van der Waals surface area contributed by atoms with Crippen LogP contribution in [0.5, 0.6) is 0 Å². The molecule has 31 heavy (non-hydrogen) atoms. The summed E-state index contributed by atoms with van der Waals surface area (Å²) in [5, 5.41) is 15.1. The van der Waals surface area contributed by atoms with Crippen molar-refractivity contribution in [2.75, 3.05) is 58.3 Å². The molecule has 1 aliphatic heterocycles. The average Bonchev–Trinajstić information content (AvgIpc) is 3.24. The predicted octanol–water partition coefficient (Wildman–Crippen LogP) is 1.23. The van der Waals surface area contributed by atoms with Crippen LogP contribution in [0.2, 0.25) is 0 Å². The van der Waals surface area contributed by atoms with Crippen molar-refractivity contribution in [3.63, 3.8) is 0 Å². The van der Waals surface area contributed by atoms with E-state index in [4.69, 9.17) is 4.74 Å². The second kappa shape index (κ2) is 11.8. The van der Waals surface area contributed by atoms with Crippen molar-refractivity contribution in [2.24, 2.45) is 0 Å². The van der Waals surface area contributed by atoms with Gasteiger partial charge in [0.1, 0.15) is 5.01 Å². The molecule has 1 aliphatic rings. The van der Waals surface area contributed by atoms with Gasteiger partial charge in [0.2, 0.25) is 10.9 Å². The van der Waals surface area contributed by atoms with Gasteiger partial charge < -0.3 is 15.4 Å². The monoisotopic (exact) mass is 446 g/mol. The van der Waals surface area contributed by atoms with Crippen molar-refractivity contribution in [3.05, 3.63) is 39.8 Å². The van der Waals surface area contributed by atoms with E-state index in [-0.39, 0.29) is 11.8 Å². The van der Waals surface area contributed by atoms with Gasteiger partial charge in [-0.05, 0) is 24.1 Å². The third-order valence-electron chi connectivity index (χ3n) is 5.10. The van der Waals surface area contributed by atoms with E-state index in [9.17, 15) is 9.59 Å². The Hall–Kier alpha value is -2.40. The number of hydrogen-bond donors (Lipinski definition) is 2. The molecule has 2 aromatic rings. The number of hydrogen-bond acceptors (Lipinski definition) is 8. The van der Waals surface area contributed by atoms with Gasteiger partial charge in [-0.25, -0.2) is 0 Å². The summed E-state index contributed by atoms with van der Waals surface area (Å²) in [5.41, 5.74) is 1.98. The zero-order chi connectivity index (χ0) is 22.1. The van der Waals surface area contributed by atoms with Gasteiger partial charge in [-0.1, -0.05) is 30.4 Å². The molecule has 0 bridgehead atoms. The highest BCUT2D eigenvalue weighted by atomic mass is 32.1. The number of rotatable bonds is 10. The first-order chi connectivity index (χ1) is 15.1. The standard InChI is InChI=1S/C21H30N6O3S/c1-3-16-4-6-17(7-5-16)23-20(29)21-25-24-19(31-21)15-27-11-9-26(10-12-27)14-18(28)22-8-13-30-2/h4-7H,3,8-15H2,1-2H3,(H,22,28)(H,23,29). The second-order valence-corrected chi connectivity index (χ2v) is 8.46. The molecule has 1 aromatic carbocycles. The first-order valence-corrected chi connectivity index (χ1v) is 11.3. The SMILES string of the molecule is CCc1ccc(NC(=O)c2nnc(CN3CCN(CC(=O)NCCOC)CC3)s2)cc1. The molecule has 2 N–H and O–H groups in total. The highest BCUT2D eigenvalue weighted by Crippen LogP contribution is 2.16. The molecule has 0 spiro atoms. The number of benzene rings is 1. The lowest BCUT2D eigenvalue weighted by molar-refractivity contribution is -0.122. The Morgan fingerprint density at radius 3 is 2.48 bits per heavy atom. The number of carbonyl (C=O) groups is 2. The van der Waals surface area contributed by atoms with Crippen LogP contribution in [0.15, 0.2) is 24.3 Å². The van der Waals surface area contributed by atoms with E-state index in [0.29, 0.717) is 31.2 Å². The van der Waals surface area contributed by atoms with Crippen LogP contribution in [0.1, 0.15) is 27.3 Å². The van der Waals surface area contributed by atoms with Gasteiger partial charge >= 0.3 is 0 Å². The van der Waals surface area contributed by atoms with Gasteiger partial charge in [0.05, 0.1) is 19.7 Å². The van der Waals surface area contributed by atoms with Crippen LogP contribution in [0.4, 0.5) is 5.69 Å². The summed E-state index contributed by atoms with van der Waals surface area (Å²) in [6.45, 7) is 7.53. The molecule has 0 unspecified atom stereocenters. The molecule has 1 aromatic heterocycles. The number of methoxy groups -OCH3 is 1. The first-order valence-electron chi connectivity index (χ1n) is 10.5. The van der Waals surface area contributed by atoms with Crippen LogP contribution in [-0.2, 0) is 22.5 Å². The lowest BCUT2D eigenvalue weighted by Gasteiger charge is -2.33. The summed E-state index contributed by atoms with van der Waals surface area (Å²) >= 11 is 1.32. The first kappa shape index (κ1) is 23.3. The molecular weight excluding hydrogens is 416 g/mol. The van der Waals surface area contributed by atoms with Crippen LogP contribution in [-0.4, -0.2) is 84.8 Å². The molecule has 1 fully saturated rings. The number of anilines is 1. The summed E-state index contributed by atoms with van der Waals surface area (Å²) in [4.78, 5) is 28.8. The third-order valence-corrected chi connectivity index (χ3v) is 6.01. The predicted molar refractivity (Wildman–Crippen MR) is 120 cm³/mol. The molecule has 1 saturated heterocycles. The lowest BCUT2D eigenvalue weighted by Crippen LogP contribution is -2.49.